The Morgan fingerprint density at radius 1 is 1.32 bits per heavy atom. The number of benzene rings is 1. The molecule has 0 bridgehead atoms. The van der Waals surface area contributed by atoms with Gasteiger partial charge in [-0.3, -0.25) is 0 Å². The first kappa shape index (κ1) is 14.1. The highest BCUT2D eigenvalue weighted by Gasteiger charge is 2.26. The van der Waals surface area contributed by atoms with Crippen LogP contribution in [0.15, 0.2) is 34.7 Å². The number of aliphatic hydroxyl groups is 1. The highest BCUT2D eigenvalue weighted by atomic mass is 16.4. The van der Waals surface area contributed by atoms with Crippen molar-refractivity contribution in [1.82, 2.24) is 5.32 Å². The Bertz CT molecular complexity index is 495. The minimum atomic E-state index is -0.928. The number of rotatable bonds is 6. The van der Waals surface area contributed by atoms with E-state index in [1.807, 2.05) is 37.3 Å². The third kappa shape index (κ3) is 3.58. The van der Waals surface area contributed by atoms with Crippen molar-refractivity contribution >= 4 is 11.0 Å². The Labute approximate surface area is 114 Å². The monoisotopic (exact) mass is 261 g/mol. The summed E-state index contributed by atoms with van der Waals surface area (Å²) in [6.45, 7) is 7.90. The molecule has 0 amide bonds. The predicted molar refractivity (Wildman–Crippen MR) is 78.1 cm³/mol. The van der Waals surface area contributed by atoms with Crippen LogP contribution in [0.1, 0.15) is 33.0 Å². The van der Waals surface area contributed by atoms with E-state index in [0.29, 0.717) is 18.1 Å². The average Bonchev–Trinajstić information content (AvgIpc) is 2.79. The van der Waals surface area contributed by atoms with Gasteiger partial charge in [-0.2, -0.15) is 0 Å². The molecule has 19 heavy (non-hydrogen) atoms. The average molecular weight is 261 g/mol. The third-order valence-electron chi connectivity index (χ3n) is 3.30. The quantitative estimate of drug-likeness (QED) is 0.784. The first-order valence-corrected chi connectivity index (χ1v) is 6.91. The van der Waals surface area contributed by atoms with E-state index in [-0.39, 0.29) is 0 Å². The molecule has 2 aromatic rings. The number of fused-ring (bicyclic) bond motifs is 1. The van der Waals surface area contributed by atoms with E-state index in [0.717, 1.165) is 24.1 Å². The van der Waals surface area contributed by atoms with Crippen molar-refractivity contribution in [3.63, 3.8) is 0 Å². The molecule has 1 unspecified atom stereocenters. The first-order chi connectivity index (χ1) is 8.99. The Kier molecular flexibility index (Phi) is 4.27. The molecule has 0 aliphatic heterocycles. The fraction of sp³-hybridized carbons (Fsp3) is 0.500. The SMILES string of the molecule is CC(C)CNCCC(C)(O)c1cc2ccccc2o1. The van der Waals surface area contributed by atoms with Crippen molar-refractivity contribution in [1.29, 1.82) is 0 Å². The molecular formula is C16H23NO2. The topological polar surface area (TPSA) is 45.4 Å². The highest BCUT2D eigenvalue weighted by Crippen LogP contribution is 2.29. The van der Waals surface area contributed by atoms with Crippen molar-refractivity contribution in [3.8, 4) is 0 Å². The van der Waals surface area contributed by atoms with Crippen LogP contribution in [-0.2, 0) is 5.60 Å². The Morgan fingerprint density at radius 3 is 2.74 bits per heavy atom. The molecule has 0 radical (unpaired) electrons. The molecule has 3 heteroatoms. The fourth-order valence-electron chi connectivity index (χ4n) is 2.09. The van der Waals surface area contributed by atoms with Gasteiger partial charge < -0.3 is 14.8 Å². The standard InChI is InChI=1S/C16H23NO2/c1-12(2)11-17-9-8-16(3,18)15-10-13-6-4-5-7-14(13)19-15/h4-7,10,12,17-18H,8-9,11H2,1-3H3. The van der Waals surface area contributed by atoms with Crippen molar-refractivity contribution in [2.75, 3.05) is 13.1 Å². The van der Waals surface area contributed by atoms with Crippen LogP contribution in [0.2, 0.25) is 0 Å². The number of hydrogen-bond acceptors (Lipinski definition) is 3. The summed E-state index contributed by atoms with van der Waals surface area (Å²) in [5.74, 6) is 1.26. The maximum absolute atomic E-state index is 10.5. The van der Waals surface area contributed by atoms with Crippen LogP contribution in [0.3, 0.4) is 0 Å². The summed E-state index contributed by atoms with van der Waals surface area (Å²) in [7, 11) is 0. The van der Waals surface area contributed by atoms with Gasteiger partial charge in [0.05, 0.1) is 0 Å². The largest absolute Gasteiger partial charge is 0.458 e. The smallest absolute Gasteiger partial charge is 0.136 e. The Morgan fingerprint density at radius 2 is 2.05 bits per heavy atom. The molecule has 0 saturated carbocycles. The molecule has 1 aromatic heterocycles. The van der Waals surface area contributed by atoms with Gasteiger partial charge >= 0.3 is 0 Å². The number of nitrogens with one attached hydrogen (secondary N) is 1. The van der Waals surface area contributed by atoms with Gasteiger partial charge in [0.15, 0.2) is 0 Å². The second kappa shape index (κ2) is 5.76. The lowest BCUT2D eigenvalue weighted by molar-refractivity contribution is 0.0270. The zero-order valence-corrected chi connectivity index (χ0v) is 11.9. The molecule has 1 heterocycles. The van der Waals surface area contributed by atoms with Gasteiger partial charge in [-0.1, -0.05) is 32.0 Å². The minimum Gasteiger partial charge on any atom is -0.458 e. The van der Waals surface area contributed by atoms with Crippen LogP contribution in [0, 0.1) is 5.92 Å². The van der Waals surface area contributed by atoms with Gasteiger partial charge in [0.25, 0.3) is 0 Å². The number of furan rings is 1. The third-order valence-corrected chi connectivity index (χ3v) is 3.30. The van der Waals surface area contributed by atoms with Crippen LogP contribution in [0.5, 0.6) is 0 Å². The second-order valence-electron chi connectivity index (χ2n) is 5.77. The van der Waals surface area contributed by atoms with Crippen molar-refractivity contribution in [3.05, 3.63) is 36.1 Å². The van der Waals surface area contributed by atoms with E-state index in [9.17, 15) is 5.11 Å². The molecule has 0 saturated heterocycles. The molecule has 0 spiro atoms. The molecule has 3 nitrogen and oxygen atoms in total. The Balaban J connectivity index is 2.02. The fourth-order valence-corrected chi connectivity index (χ4v) is 2.09. The number of hydrogen-bond donors (Lipinski definition) is 2. The van der Waals surface area contributed by atoms with Crippen molar-refractivity contribution in [2.24, 2.45) is 5.92 Å². The summed E-state index contributed by atoms with van der Waals surface area (Å²) in [5, 5.41) is 14.9. The summed E-state index contributed by atoms with van der Waals surface area (Å²) >= 11 is 0. The summed E-state index contributed by atoms with van der Waals surface area (Å²) in [5.41, 5.74) is -0.101. The van der Waals surface area contributed by atoms with E-state index < -0.39 is 5.60 Å². The van der Waals surface area contributed by atoms with E-state index >= 15 is 0 Å². The zero-order chi connectivity index (χ0) is 13.9. The molecule has 2 rings (SSSR count). The van der Waals surface area contributed by atoms with Crippen LogP contribution in [0.25, 0.3) is 11.0 Å². The van der Waals surface area contributed by atoms with Crippen molar-refractivity contribution < 1.29 is 9.52 Å². The lowest BCUT2D eigenvalue weighted by Crippen LogP contribution is -2.29. The van der Waals surface area contributed by atoms with E-state index in [1.54, 1.807) is 0 Å². The van der Waals surface area contributed by atoms with Gasteiger partial charge in [0.2, 0.25) is 0 Å². The van der Waals surface area contributed by atoms with E-state index in [1.165, 1.54) is 0 Å². The molecule has 1 aromatic carbocycles. The molecule has 0 aliphatic carbocycles. The predicted octanol–water partition coefficient (Wildman–Crippen LogP) is 3.28. The molecule has 104 valence electrons. The maximum Gasteiger partial charge on any atom is 0.136 e. The van der Waals surface area contributed by atoms with Crippen LogP contribution >= 0.6 is 0 Å². The lowest BCUT2D eigenvalue weighted by atomic mass is 9.99. The van der Waals surface area contributed by atoms with Gasteiger partial charge in [-0.15, -0.1) is 0 Å². The Hall–Kier alpha value is -1.32. The highest BCUT2D eigenvalue weighted by molar-refractivity contribution is 5.77. The maximum atomic E-state index is 10.5. The van der Waals surface area contributed by atoms with Crippen LogP contribution < -0.4 is 5.32 Å². The molecule has 0 aliphatic rings. The van der Waals surface area contributed by atoms with Crippen LogP contribution in [-0.4, -0.2) is 18.2 Å². The summed E-state index contributed by atoms with van der Waals surface area (Å²) in [6, 6.07) is 9.76. The lowest BCUT2D eigenvalue weighted by Gasteiger charge is -2.21. The first-order valence-electron chi connectivity index (χ1n) is 6.91. The minimum absolute atomic E-state index is 0.621. The van der Waals surface area contributed by atoms with Gasteiger partial charge in [0.1, 0.15) is 16.9 Å². The summed E-state index contributed by atoms with van der Waals surface area (Å²) in [4.78, 5) is 0. The van der Waals surface area contributed by atoms with Crippen LogP contribution in [0.4, 0.5) is 0 Å². The molecule has 1 atom stereocenters. The van der Waals surface area contributed by atoms with Gasteiger partial charge in [-0.25, -0.2) is 0 Å². The summed E-state index contributed by atoms with van der Waals surface area (Å²) in [6.07, 6.45) is 0.638. The molecular weight excluding hydrogens is 238 g/mol. The second-order valence-corrected chi connectivity index (χ2v) is 5.77. The number of para-hydroxylation sites is 1. The van der Waals surface area contributed by atoms with Gasteiger partial charge in [-0.05, 0) is 44.5 Å². The molecule has 2 N–H and O–H groups in total. The zero-order valence-electron chi connectivity index (χ0n) is 11.9. The molecule has 0 fully saturated rings. The van der Waals surface area contributed by atoms with Gasteiger partial charge in [0, 0.05) is 5.39 Å². The van der Waals surface area contributed by atoms with E-state index in [2.05, 4.69) is 19.2 Å². The normalized spacial score (nSPS) is 15.0. The summed E-state index contributed by atoms with van der Waals surface area (Å²) < 4.78 is 5.73. The van der Waals surface area contributed by atoms with Crippen molar-refractivity contribution in [2.45, 2.75) is 32.8 Å². The van der Waals surface area contributed by atoms with E-state index in [4.69, 9.17) is 4.42 Å².